The third-order valence-electron chi connectivity index (χ3n) is 4.75. The number of benzene rings is 3. The molecule has 0 aromatic heterocycles. The Bertz CT molecular complexity index is 1270. The molecule has 0 saturated heterocycles. The van der Waals surface area contributed by atoms with Gasteiger partial charge in [0.2, 0.25) is 0 Å². The van der Waals surface area contributed by atoms with E-state index in [-0.39, 0.29) is 10.6 Å². The maximum Gasteiger partial charge on any atom is 0.271 e. The molecule has 0 saturated carbocycles. The lowest BCUT2D eigenvalue weighted by molar-refractivity contribution is -0.113. The Hall–Kier alpha value is -3.30. The maximum absolute atomic E-state index is 13.4. The van der Waals surface area contributed by atoms with Crippen LogP contribution in [-0.2, 0) is 14.8 Å². The van der Waals surface area contributed by atoms with Gasteiger partial charge in [-0.05, 0) is 83.0 Å². The molecule has 0 atom stereocenters. The highest BCUT2D eigenvalue weighted by Crippen LogP contribution is 2.37. The first kappa shape index (κ1) is 25.3. The summed E-state index contributed by atoms with van der Waals surface area (Å²) in [5.41, 5.74) is 0.803. The molecule has 0 spiro atoms. The van der Waals surface area contributed by atoms with E-state index in [4.69, 9.17) is 14.2 Å². The molecule has 0 bridgehead atoms. The molecule has 0 fully saturated rings. The summed E-state index contributed by atoms with van der Waals surface area (Å²) in [6.45, 7) is 2.32. The second-order valence-electron chi connectivity index (χ2n) is 6.92. The predicted molar refractivity (Wildman–Crippen MR) is 135 cm³/mol. The fourth-order valence-corrected chi connectivity index (χ4v) is 5.14. The zero-order valence-corrected chi connectivity index (χ0v) is 21.3. The standard InChI is InChI=1S/C25H24BrNO6S/c1-4-33-25-22(26)16-18(17-23(25)32-3)10-15-24(28)27(19-11-13-20(31-2)14-12-19)34(29,30)21-8-6-5-7-9-21/h5-17H,4H2,1-3H3/b15-10+. The number of carbonyl (C=O) groups is 1. The Labute approximate surface area is 207 Å². The van der Waals surface area contributed by atoms with Crippen LogP contribution in [0.15, 0.2) is 82.2 Å². The highest BCUT2D eigenvalue weighted by Gasteiger charge is 2.29. The highest BCUT2D eigenvalue weighted by atomic mass is 79.9. The minimum atomic E-state index is -4.17. The van der Waals surface area contributed by atoms with E-state index in [1.807, 2.05) is 6.92 Å². The Kier molecular flexibility index (Phi) is 8.36. The van der Waals surface area contributed by atoms with Gasteiger partial charge in [-0.2, -0.15) is 4.31 Å². The number of nitrogens with zero attached hydrogens (tertiary/aromatic N) is 1. The van der Waals surface area contributed by atoms with Crippen LogP contribution in [0.1, 0.15) is 12.5 Å². The largest absolute Gasteiger partial charge is 0.497 e. The molecule has 0 unspecified atom stereocenters. The molecule has 0 N–H and O–H groups in total. The van der Waals surface area contributed by atoms with Crippen LogP contribution in [0.25, 0.3) is 6.08 Å². The molecule has 0 aliphatic heterocycles. The number of halogens is 1. The van der Waals surface area contributed by atoms with Gasteiger partial charge in [-0.15, -0.1) is 0 Å². The topological polar surface area (TPSA) is 82.1 Å². The summed E-state index contributed by atoms with van der Waals surface area (Å²) in [5, 5.41) is 0. The molecule has 0 aliphatic carbocycles. The molecule has 1 amide bonds. The Balaban J connectivity index is 2.02. The summed E-state index contributed by atoms with van der Waals surface area (Å²) in [7, 11) is -1.16. The molecule has 178 valence electrons. The fraction of sp³-hybridized carbons (Fsp3) is 0.160. The van der Waals surface area contributed by atoms with E-state index < -0.39 is 15.9 Å². The van der Waals surface area contributed by atoms with Gasteiger partial charge in [-0.25, -0.2) is 8.42 Å². The van der Waals surface area contributed by atoms with E-state index in [0.29, 0.717) is 33.9 Å². The molecular formula is C25H24BrNO6S. The molecule has 9 heteroatoms. The molecule has 3 rings (SSSR count). The maximum atomic E-state index is 13.4. The average Bonchev–Trinajstić information content (AvgIpc) is 2.85. The first-order valence-corrected chi connectivity index (χ1v) is 12.5. The Morgan fingerprint density at radius 1 is 1.00 bits per heavy atom. The van der Waals surface area contributed by atoms with Crippen molar-refractivity contribution in [3.63, 3.8) is 0 Å². The van der Waals surface area contributed by atoms with Gasteiger partial charge < -0.3 is 14.2 Å². The van der Waals surface area contributed by atoms with Gasteiger partial charge >= 0.3 is 0 Å². The van der Waals surface area contributed by atoms with Gasteiger partial charge in [0.25, 0.3) is 15.9 Å². The lowest BCUT2D eigenvalue weighted by Gasteiger charge is -2.21. The van der Waals surface area contributed by atoms with Crippen molar-refractivity contribution < 1.29 is 27.4 Å². The van der Waals surface area contributed by atoms with Gasteiger partial charge in [0.15, 0.2) is 11.5 Å². The zero-order chi connectivity index (χ0) is 24.7. The zero-order valence-electron chi connectivity index (χ0n) is 18.9. The molecule has 7 nitrogen and oxygen atoms in total. The van der Waals surface area contributed by atoms with Crippen molar-refractivity contribution in [1.82, 2.24) is 0 Å². The Morgan fingerprint density at radius 2 is 1.68 bits per heavy atom. The molecule has 0 aliphatic rings. The number of hydrogen-bond donors (Lipinski definition) is 0. The van der Waals surface area contributed by atoms with Crippen molar-refractivity contribution in [3.05, 3.63) is 82.8 Å². The van der Waals surface area contributed by atoms with E-state index >= 15 is 0 Å². The molecule has 34 heavy (non-hydrogen) atoms. The van der Waals surface area contributed by atoms with Gasteiger partial charge in [0, 0.05) is 6.08 Å². The van der Waals surface area contributed by atoms with Crippen LogP contribution < -0.4 is 18.5 Å². The number of rotatable bonds is 9. The van der Waals surface area contributed by atoms with Crippen molar-refractivity contribution >= 4 is 43.6 Å². The number of carbonyl (C=O) groups excluding carboxylic acids is 1. The summed E-state index contributed by atoms with van der Waals surface area (Å²) < 4.78 is 44.3. The van der Waals surface area contributed by atoms with Crippen LogP contribution in [0.2, 0.25) is 0 Å². The first-order chi connectivity index (χ1) is 16.3. The van der Waals surface area contributed by atoms with Crippen LogP contribution in [-0.4, -0.2) is 35.2 Å². The van der Waals surface area contributed by atoms with Gasteiger partial charge in [0.1, 0.15) is 5.75 Å². The van der Waals surface area contributed by atoms with Crippen LogP contribution in [0.5, 0.6) is 17.2 Å². The lowest BCUT2D eigenvalue weighted by atomic mass is 10.2. The number of anilines is 1. The number of methoxy groups -OCH3 is 2. The van der Waals surface area contributed by atoms with E-state index in [9.17, 15) is 13.2 Å². The summed E-state index contributed by atoms with van der Waals surface area (Å²) in [6.07, 6.45) is 2.72. The molecule has 3 aromatic rings. The number of hydrogen-bond acceptors (Lipinski definition) is 6. The van der Waals surface area contributed by atoms with E-state index in [0.717, 1.165) is 4.31 Å². The molecule has 0 heterocycles. The number of sulfonamides is 1. The summed E-state index contributed by atoms with van der Waals surface area (Å²) in [4.78, 5) is 13.3. The Morgan fingerprint density at radius 3 is 2.26 bits per heavy atom. The first-order valence-electron chi connectivity index (χ1n) is 10.3. The number of amides is 1. The van der Waals surface area contributed by atoms with Crippen molar-refractivity contribution in [1.29, 1.82) is 0 Å². The second-order valence-corrected chi connectivity index (χ2v) is 9.56. The van der Waals surface area contributed by atoms with E-state index in [2.05, 4.69) is 15.9 Å². The third kappa shape index (κ3) is 5.60. The summed E-state index contributed by atoms with van der Waals surface area (Å²) in [6, 6.07) is 17.5. The van der Waals surface area contributed by atoms with Crippen LogP contribution in [0.3, 0.4) is 0 Å². The highest BCUT2D eigenvalue weighted by molar-refractivity contribution is 9.10. The number of ether oxygens (including phenoxy) is 3. The molecular weight excluding hydrogens is 522 g/mol. The van der Waals surface area contributed by atoms with Crippen molar-refractivity contribution in [2.24, 2.45) is 0 Å². The summed E-state index contributed by atoms with van der Waals surface area (Å²) >= 11 is 3.45. The minimum Gasteiger partial charge on any atom is -0.497 e. The predicted octanol–water partition coefficient (Wildman–Crippen LogP) is 5.30. The third-order valence-corrected chi connectivity index (χ3v) is 7.08. The van der Waals surface area contributed by atoms with Crippen LogP contribution in [0.4, 0.5) is 5.69 Å². The van der Waals surface area contributed by atoms with Gasteiger partial charge in [-0.3, -0.25) is 4.79 Å². The van der Waals surface area contributed by atoms with Crippen LogP contribution in [0, 0.1) is 0 Å². The molecule has 3 aromatic carbocycles. The molecule has 0 radical (unpaired) electrons. The van der Waals surface area contributed by atoms with Crippen LogP contribution >= 0.6 is 15.9 Å². The van der Waals surface area contributed by atoms with E-state index in [1.54, 1.807) is 42.5 Å². The van der Waals surface area contributed by atoms with Crippen molar-refractivity contribution in [3.8, 4) is 17.2 Å². The smallest absolute Gasteiger partial charge is 0.271 e. The van der Waals surface area contributed by atoms with Crippen molar-refractivity contribution in [2.75, 3.05) is 25.1 Å². The van der Waals surface area contributed by atoms with Crippen molar-refractivity contribution in [2.45, 2.75) is 11.8 Å². The van der Waals surface area contributed by atoms with E-state index in [1.165, 1.54) is 50.6 Å². The van der Waals surface area contributed by atoms with Gasteiger partial charge in [0.05, 0.1) is 35.9 Å². The monoisotopic (exact) mass is 545 g/mol. The average molecular weight is 546 g/mol. The fourth-order valence-electron chi connectivity index (χ4n) is 3.16. The SMILES string of the molecule is CCOc1c(Br)cc(/C=C/C(=O)N(c2ccc(OC)cc2)S(=O)(=O)c2ccccc2)cc1OC. The van der Waals surface area contributed by atoms with Gasteiger partial charge in [-0.1, -0.05) is 18.2 Å². The normalized spacial score (nSPS) is 11.3. The minimum absolute atomic E-state index is 0.00181. The quantitative estimate of drug-likeness (QED) is 0.339. The lowest BCUT2D eigenvalue weighted by Crippen LogP contribution is -2.35. The summed E-state index contributed by atoms with van der Waals surface area (Å²) in [5.74, 6) is 0.820. The second kappa shape index (κ2) is 11.2.